The molecule has 130 valence electrons. The first-order chi connectivity index (χ1) is 10.8. The van der Waals surface area contributed by atoms with Gasteiger partial charge in [-0.15, -0.1) is 0 Å². The molecule has 0 radical (unpaired) electrons. The fourth-order valence-corrected chi connectivity index (χ4v) is 3.71. The average Bonchev–Trinajstić information content (AvgIpc) is 2.54. The van der Waals surface area contributed by atoms with Gasteiger partial charge in [-0.05, 0) is 37.5 Å². The van der Waals surface area contributed by atoms with Crippen molar-refractivity contribution in [2.24, 2.45) is 0 Å². The maximum atomic E-state index is 12.4. The number of benzene rings is 1. The summed E-state index contributed by atoms with van der Waals surface area (Å²) in [5.41, 5.74) is 0.961. The van der Waals surface area contributed by atoms with Gasteiger partial charge >= 0.3 is 0 Å². The third-order valence-electron chi connectivity index (χ3n) is 3.93. The minimum atomic E-state index is -3.41. The molecule has 1 rings (SSSR count). The monoisotopic (exact) mass is 340 g/mol. The molecule has 0 fully saturated rings. The first-order valence-corrected chi connectivity index (χ1v) is 9.67. The Morgan fingerprint density at radius 3 is 2.17 bits per heavy atom. The van der Waals surface area contributed by atoms with Gasteiger partial charge in [0, 0.05) is 25.6 Å². The van der Waals surface area contributed by atoms with Gasteiger partial charge < -0.3 is 5.32 Å². The SMILES string of the molecule is CC[C@@H](C)NC(=O)CCc1ccc(S(=O)(=O)N(CC)CC)cc1. The van der Waals surface area contributed by atoms with Crippen molar-refractivity contribution in [2.45, 2.75) is 57.9 Å². The van der Waals surface area contributed by atoms with Crippen LogP contribution < -0.4 is 5.32 Å². The third-order valence-corrected chi connectivity index (χ3v) is 5.99. The van der Waals surface area contributed by atoms with Crippen molar-refractivity contribution in [3.05, 3.63) is 29.8 Å². The van der Waals surface area contributed by atoms with Crippen LogP contribution in [0.2, 0.25) is 0 Å². The summed E-state index contributed by atoms with van der Waals surface area (Å²) >= 11 is 0. The van der Waals surface area contributed by atoms with Crippen LogP contribution in [0.25, 0.3) is 0 Å². The van der Waals surface area contributed by atoms with Gasteiger partial charge in [0.2, 0.25) is 15.9 Å². The highest BCUT2D eigenvalue weighted by Gasteiger charge is 2.21. The minimum Gasteiger partial charge on any atom is -0.354 e. The highest BCUT2D eigenvalue weighted by atomic mass is 32.2. The first-order valence-electron chi connectivity index (χ1n) is 8.23. The van der Waals surface area contributed by atoms with Crippen LogP contribution in [-0.4, -0.2) is 37.8 Å². The van der Waals surface area contributed by atoms with Crippen molar-refractivity contribution in [1.82, 2.24) is 9.62 Å². The van der Waals surface area contributed by atoms with Crippen molar-refractivity contribution in [3.63, 3.8) is 0 Å². The first kappa shape index (κ1) is 19.6. The Morgan fingerprint density at radius 2 is 1.70 bits per heavy atom. The Bertz CT molecular complexity index is 593. The standard InChI is InChI=1S/C17H28N2O3S/c1-5-14(4)18-17(20)13-10-15-8-11-16(12-9-15)23(21,22)19(6-2)7-3/h8-9,11-12,14H,5-7,10,13H2,1-4H3,(H,18,20)/t14-/m1/s1. The summed E-state index contributed by atoms with van der Waals surface area (Å²) in [7, 11) is -3.41. The maximum absolute atomic E-state index is 12.4. The molecule has 0 saturated heterocycles. The number of rotatable bonds is 9. The summed E-state index contributed by atoms with van der Waals surface area (Å²) < 4.78 is 26.2. The quantitative estimate of drug-likeness (QED) is 0.751. The topological polar surface area (TPSA) is 66.5 Å². The zero-order valence-corrected chi connectivity index (χ0v) is 15.3. The van der Waals surface area contributed by atoms with Gasteiger partial charge in [-0.1, -0.05) is 32.9 Å². The van der Waals surface area contributed by atoms with Crippen LogP contribution in [0.5, 0.6) is 0 Å². The molecule has 0 aliphatic carbocycles. The van der Waals surface area contributed by atoms with Crippen molar-refractivity contribution in [1.29, 1.82) is 0 Å². The molecule has 1 aromatic carbocycles. The smallest absolute Gasteiger partial charge is 0.243 e. The van der Waals surface area contributed by atoms with E-state index in [1.165, 1.54) is 4.31 Å². The number of nitrogens with zero attached hydrogens (tertiary/aromatic N) is 1. The van der Waals surface area contributed by atoms with Gasteiger partial charge in [0.05, 0.1) is 4.90 Å². The second kappa shape index (κ2) is 9.03. The molecule has 1 atom stereocenters. The number of aryl methyl sites for hydroxylation is 1. The second-order valence-electron chi connectivity index (χ2n) is 5.61. The predicted molar refractivity (Wildman–Crippen MR) is 92.8 cm³/mol. The summed E-state index contributed by atoms with van der Waals surface area (Å²) in [5, 5.41) is 2.92. The van der Waals surface area contributed by atoms with Crippen LogP contribution in [0, 0.1) is 0 Å². The van der Waals surface area contributed by atoms with E-state index in [9.17, 15) is 13.2 Å². The fraction of sp³-hybridized carbons (Fsp3) is 0.588. The van der Waals surface area contributed by atoms with Gasteiger partial charge in [0.1, 0.15) is 0 Å². The van der Waals surface area contributed by atoms with Crippen LogP contribution in [0.15, 0.2) is 29.2 Å². The number of hydrogen-bond acceptors (Lipinski definition) is 3. The molecule has 0 aliphatic rings. The Hall–Kier alpha value is -1.40. The van der Waals surface area contributed by atoms with E-state index in [4.69, 9.17) is 0 Å². The number of hydrogen-bond donors (Lipinski definition) is 1. The Balaban J connectivity index is 2.69. The number of nitrogens with one attached hydrogen (secondary N) is 1. The van der Waals surface area contributed by atoms with Crippen LogP contribution in [0.1, 0.15) is 46.1 Å². The number of carbonyl (C=O) groups is 1. The third kappa shape index (κ3) is 5.62. The van der Waals surface area contributed by atoms with Gasteiger partial charge in [0.15, 0.2) is 0 Å². The van der Waals surface area contributed by atoms with Crippen LogP contribution in [0.3, 0.4) is 0 Å². The fourth-order valence-electron chi connectivity index (χ4n) is 2.25. The van der Waals surface area contributed by atoms with Gasteiger partial charge in [-0.3, -0.25) is 4.79 Å². The molecule has 5 nitrogen and oxygen atoms in total. The van der Waals surface area contributed by atoms with E-state index >= 15 is 0 Å². The summed E-state index contributed by atoms with van der Waals surface area (Å²) in [6.07, 6.45) is 1.92. The van der Waals surface area contributed by atoms with E-state index in [1.807, 2.05) is 27.7 Å². The molecule has 0 spiro atoms. The van der Waals surface area contributed by atoms with E-state index in [2.05, 4.69) is 5.32 Å². The van der Waals surface area contributed by atoms with E-state index in [0.717, 1.165) is 12.0 Å². The van der Waals surface area contributed by atoms with E-state index in [1.54, 1.807) is 24.3 Å². The predicted octanol–water partition coefficient (Wildman–Crippen LogP) is 2.56. The highest BCUT2D eigenvalue weighted by molar-refractivity contribution is 7.89. The summed E-state index contributed by atoms with van der Waals surface area (Å²) in [5.74, 6) is 0.0270. The molecular formula is C17H28N2O3S. The normalized spacial score (nSPS) is 13.1. The van der Waals surface area contributed by atoms with Gasteiger partial charge in [-0.2, -0.15) is 4.31 Å². The minimum absolute atomic E-state index is 0.0270. The molecular weight excluding hydrogens is 312 g/mol. The number of carbonyl (C=O) groups excluding carboxylic acids is 1. The maximum Gasteiger partial charge on any atom is 0.243 e. The molecule has 1 N–H and O–H groups in total. The molecule has 23 heavy (non-hydrogen) atoms. The zero-order chi connectivity index (χ0) is 17.5. The zero-order valence-electron chi connectivity index (χ0n) is 14.5. The van der Waals surface area contributed by atoms with Crippen molar-refractivity contribution in [2.75, 3.05) is 13.1 Å². The summed E-state index contributed by atoms with van der Waals surface area (Å²) in [4.78, 5) is 12.1. The lowest BCUT2D eigenvalue weighted by molar-refractivity contribution is -0.121. The lowest BCUT2D eigenvalue weighted by Gasteiger charge is -2.18. The van der Waals surface area contributed by atoms with Crippen molar-refractivity contribution >= 4 is 15.9 Å². The summed E-state index contributed by atoms with van der Waals surface area (Å²) in [6.45, 7) is 8.56. The molecule has 0 aromatic heterocycles. The van der Waals surface area contributed by atoms with E-state index in [0.29, 0.717) is 30.8 Å². The molecule has 0 unspecified atom stereocenters. The second-order valence-corrected chi connectivity index (χ2v) is 7.55. The van der Waals surface area contributed by atoms with Crippen molar-refractivity contribution < 1.29 is 13.2 Å². The molecule has 0 bridgehead atoms. The largest absolute Gasteiger partial charge is 0.354 e. The summed E-state index contributed by atoms with van der Waals surface area (Å²) in [6, 6.07) is 6.99. The van der Waals surface area contributed by atoms with Crippen LogP contribution in [-0.2, 0) is 21.2 Å². The van der Waals surface area contributed by atoms with Crippen LogP contribution >= 0.6 is 0 Å². The number of amides is 1. The highest BCUT2D eigenvalue weighted by Crippen LogP contribution is 2.16. The lowest BCUT2D eigenvalue weighted by Crippen LogP contribution is -2.32. The Morgan fingerprint density at radius 1 is 1.13 bits per heavy atom. The molecule has 1 amide bonds. The molecule has 1 aromatic rings. The van der Waals surface area contributed by atoms with Crippen molar-refractivity contribution in [3.8, 4) is 0 Å². The van der Waals surface area contributed by atoms with Gasteiger partial charge in [0.25, 0.3) is 0 Å². The Labute approximate surface area is 140 Å². The molecule has 6 heteroatoms. The Kier molecular flexibility index (Phi) is 7.72. The molecule has 0 aliphatic heterocycles. The molecule has 0 heterocycles. The van der Waals surface area contributed by atoms with E-state index < -0.39 is 10.0 Å². The van der Waals surface area contributed by atoms with Gasteiger partial charge in [-0.25, -0.2) is 8.42 Å². The average molecular weight is 340 g/mol. The van der Waals surface area contributed by atoms with E-state index in [-0.39, 0.29) is 11.9 Å². The van der Waals surface area contributed by atoms with Crippen LogP contribution in [0.4, 0.5) is 0 Å². The lowest BCUT2D eigenvalue weighted by atomic mass is 10.1. The number of sulfonamides is 1. The molecule has 0 saturated carbocycles.